The van der Waals surface area contributed by atoms with Crippen molar-refractivity contribution in [2.24, 2.45) is 0 Å². The molecule has 1 nitrogen and oxygen atoms in total. The summed E-state index contributed by atoms with van der Waals surface area (Å²) in [7, 11) is 0. The lowest BCUT2D eigenvalue weighted by molar-refractivity contribution is -0.0498. The van der Waals surface area contributed by atoms with Crippen molar-refractivity contribution in [1.82, 2.24) is 0 Å². The molecule has 0 saturated carbocycles. The predicted octanol–water partition coefficient (Wildman–Crippen LogP) is 5.92. The molecule has 0 unspecified atom stereocenters. The van der Waals surface area contributed by atoms with E-state index in [9.17, 15) is 8.78 Å². The molecule has 0 spiro atoms. The van der Waals surface area contributed by atoms with Crippen molar-refractivity contribution >= 4 is 34.8 Å². The van der Waals surface area contributed by atoms with Gasteiger partial charge < -0.3 is 4.74 Å². The van der Waals surface area contributed by atoms with E-state index in [4.69, 9.17) is 34.8 Å². The Kier molecular flexibility index (Phi) is 4.50. The molecule has 0 aliphatic carbocycles. The van der Waals surface area contributed by atoms with Gasteiger partial charge in [0, 0.05) is 15.1 Å². The van der Waals surface area contributed by atoms with Gasteiger partial charge in [0.2, 0.25) is 0 Å². The third-order valence-corrected chi connectivity index (χ3v) is 2.95. The van der Waals surface area contributed by atoms with E-state index in [0.717, 1.165) is 0 Å². The summed E-state index contributed by atoms with van der Waals surface area (Å²) in [5, 5.41) is 1.17. The first kappa shape index (κ1) is 14.4. The van der Waals surface area contributed by atoms with E-state index >= 15 is 0 Å². The predicted molar refractivity (Wildman–Crippen MR) is 73.5 cm³/mol. The lowest BCUT2D eigenvalue weighted by Crippen LogP contribution is -2.01. The van der Waals surface area contributed by atoms with Gasteiger partial charge in [-0.15, -0.1) is 0 Å². The van der Waals surface area contributed by atoms with Crippen LogP contribution in [0.25, 0.3) is 11.1 Å². The van der Waals surface area contributed by atoms with Gasteiger partial charge in [-0.25, -0.2) is 0 Å². The number of alkyl halides is 2. The largest absolute Gasteiger partial charge is 0.435 e. The van der Waals surface area contributed by atoms with Gasteiger partial charge in [-0.3, -0.25) is 0 Å². The molecule has 2 aromatic carbocycles. The van der Waals surface area contributed by atoms with E-state index < -0.39 is 6.61 Å². The minimum atomic E-state index is -2.91. The molecule has 0 N–H and O–H groups in total. The fourth-order valence-electron chi connectivity index (χ4n) is 1.62. The molecule has 0 aliphatic heterocycles. The van der Waals surface area contributed by atoms with Crippen LogP contribution >= 0.6 is 34.8 Å². The van der Waals surface area contributed by atoms with E-state index in [2.05, 4.69) is 4.74 Å². The van der Waals surface area contributed by atoms with Crippen LogP contribution < -0.4 is 4.74 Å². The number of ether oxygens (including phenoxy) is 1. The minimum absolute atomic E-state index is 0.0198. The monoisotopic (exact) mass is 322 g/mol. The molecule has 0 bridgehead atoms. The summed E-state index contributed by atoms with van der Waals surface area (Å²) in [4.78, 5) is 0. The van der Waals surface area contributed by atoms with Gasteiger partial charge in [-0.1, -0.05) is 34.8 Å². The summed E-state index contributed by atoms with van der Waals surface area (Å²) in [5.74, 6) is -0.0198. The molecule has 0 radical (unpaired) electrons. The highest BCUT2D eigenvalue weighted by molar-refractivity contribution is 6.35. The minimum Gasteiger partial charge on any atom is -0.435 e. The van der Waals surface area contributed by atoms with Gasteiger partial charge in [0.1, 0.15) is 5.75 Å². The number of halogens is 5. The normalized spacial score (nSPS) is 10.8. The van der Waals surface area contributed by atoms with Gasteiger partial charge in [0.25, 0.3) is 0 Å². The molecule has 0 aromatic heterocycles. The van der Waals surface area contributed by atoms with E-state index in [-0.39, 0.29) is 10.8 Å². The average molecular weight is 324 g/mol. The average Bonchev–Trinajstić information content (AvgIpc) is 2.25. The van der Waals surface area contributed by atoms with Crippen molar-refractivity contribution in [2.75, 3.05) is 0 Å². The third-order valence-electron chi connectivity index (χ3n) is 2.29. The standard InChI is InChI=1S/C13H7Cl3F2O/c14-9-1-7(2-10(15)5-9)8-3-11(16)6-12(4-8)19-13(17)18/h1-6,13H. The SMILES string of the molecule is FC(F)Oc1cc(Cl)cc(-c2cc(Cl)cc(Cl)c2)c1. The molecule has 6 heteroatoms. The Labute approximate surface area is 123 Å². The number of hydrogen-bond acceptors (Lipinski definition) is 1. The van der Waals surface area contributed by atoms with Crippen LogP contribution in [0.15, 0.2) is 36.4 Å². The summed E-state index contributed by atoms with van der Waals surface area (Å²) < 4.78 is 28.7. The lowest BCUT2D eigenvalue weighted by Gasteiger charge is -2.09. The summed E-state index contributed by atoms with van der Waals surface area (Å²) in [6, 6.07) is 9.26. The number of benzene rings is 2. The Bertz CT molecular complexity index is 582. The van der Waals surface area contributed by atoms with Crippen LogP contribution in [0.1, 0.15) is 0 Å². The van der Waals surface area contributed by atoms with Gasteiger partial charge in [-0.05, 0) is 47.5 Å². The fraction of sp³-hybridized carbons (Fsp3) is 0.0769. The van der Waals surface area contributed by atoms with Crippen LogP contribution in [-0.2, 0) is 0 Å². The van der Waals surface area contributed by atoms with Crippen LogP contribution in [0, 0.1) is 0 Å². The zero-order chi connectivity index (χ0) is 14.0. The Balaban J connectivity index is 2.46. The zero-order valence-corrected chi connectivity index (χ0v) is 11.6. The molecule has 0 atom stereocenters. The van der Waals surface area contributed by atoms with Crippen molar-refractivity contribution in [3.8, 4) is 16.9 Å². The molecular formula is C13H7Cl3F2O. The second-order valence-corrected chi connectivity index (χ2v) is 5.02. The molecule has 0 fully saturated rings. The first-order valence-corrected chi connectivity index (χ1v) is 6.29. The van der Waals surface area contributed by atoms with Crippen LogP contribution in [0.5, 0.6) is 5.75 Å². The van der Waals surface area contributed by atoms with E-state index in [1.165, 1.54) is 12.1 Å². The smallest absolute Gasteiger partial charge is 0.387 e. The third kappa shape index (κ3) is 3.96. The van der Waals surface area contributed by atoms with E-state index in [1.807, 2.05) is 0 Å². The molecule has 2 aromatic rings. The van der Waals surface area contributed by atoms with Gasteiger partial charge in [0.05, 0.1) is 0 Å². The number of hydrogen-bond donors (Lipinski definition) is 0. The Morgan fingerprint density at radius 3 is 1.74 bits per heavy atom. The van der Waals surface area contributed by atoms with Crippen LogP contribution in [-0.4, -0.2) is 6.61 Å². The van der Waals surface area contributed by atoms with E-state index in [1.54, 1.807) is 24.3 Å². The maximum Gasteiger partial charge on any atom is 0.387 e. The second-order valence-electron chi connectivity index (χ2n) is 3.71. The van der Waals surface area contributed by atoms with Crippen LogP contribution in [0.3, 0.4) is 0 Å². The van der Waals surface area contributed by atoms with Crippen molar-refractivity contribution in [2.45, 2.75) is 6.61 Å². The summed E-state index contributed by atoms with van der Waals surface area (Å²) in [6.45, 7) is -2.91. The molecule has 100 valence electrons. The summed E-state index contributed by atoms with van der Waals surface area (Å²) >= 11 is 17.7. The van der Waals surface area contributed by atoms with Crippen molar-refractivity contribution in [3.05, 3.63) is 51.5 Å². The zero-order valence-electron chi connectivity index (χ0n) is 9.34. The first-order valence-electron chi connectivity index (χ1n) is 5.16. The van der Waals surface area contributed by atoms with Crippen molar-refractivity contribution in [3.63, 3.8) is 0 Å². The summed E-state index contributed by atoms with van der Waals surface area (Å²) in [5.41, 5.74) is 1.26. The van der Waals surface area contributed by atoms with Crippen LogP contribution in [0.2, 0.25) is 15.1 Å². The maximum atomic E-state index is 12.2. The number of rotatable bonds is 3. The Morgan fingerprint density at radius 1 is 0.737 bits per heavy atom. The molecule has 19 heavy (non-hydrogen) atoms. The quantitative estimate of drug-likeness (QED) is 0.681. The van der Waals surface area contributed by atoms with Crippen LogP contribution in [0.4, 0.5) is 8.78 Å². The van der Waals surface area contributed by atoms with Gasteiger partial charge in [-0.2, -0.15) is 8.78 Å². The second kappa shape index (κ2) is 5.95. The first-order chi connectivity index (χ1) is 8.94. The van der Waals surface area contributed by atoms with Gasteiger partial charge >= 0.3 is 6.61 Å². The van der Waals surface area contributed by atoms with Crippen molar-refractivity contribution < 1.29 is 13.5 Å². The van der Waals surface area contributed by atoms with Crippen molar-refractivity contribution in [1.29, 1.82) is 0 Å². The highest BCUT2D eigenvalue weighted by Crippen LogP contribution is 2.32. The molecule has 0 saturated heterocycles. The van der Waals surface area contributed by atoms with E-state index in [0.29, 0.717) is 21.2 Å². The fourth-order valence-corrected chi connectivity index (χ4v) is 2.37. The maximum absolute atomic E-state index is 12.2. The molecule has 0 amide bonds. The topological polar surface area (TPSA) is 9.23 Å². The molecule has 0 heterocycles. The highest BCUT2D eigenvalue weighted by atomic mass is 35.5. The summed E-state index contributed by atoms with van der Waals surface area (Å²) in [6.07, 6.45) is 0. The molecule has 2 rings (SSSR count). The molecular weight excluding hydrogens is 316 g/mol. The molecule has 0 aliphatic rings. The lowest BCUT2D eigenvalue weighted by atomic mass is 10.1. The van der Waals surface area contributed by atoms with Gasteiger partial charge in [0.15, 0.2) is 0 Å². The highest BCUT2D eigenvalue weighted by Gasteiger charge is 2.09. The Morgan fingerprint density at radius 2 is 1.21 bits per heavy atom. The Hall–Kier alpha value is -1.03.